The van der Waals surface area contributed by atoms with Gasteiger partial charge in [0.05, 0.1) is 12.3 Å². The Kier molecular flexibility index (Phi) is 5.16. The Labute approximate surface area is 173 Å². The predicted molar refractivity (Wildman–Crippen MR) is 103 cm³/mol. The van der Waals surface area contributed by atoms with Crippen LogP contribution in [0.4, 0.5) is 18.0 Å². The van der Waals surface area contributed by atoms with Gasteiger partial charge in [0.2, 0.25) is 10.0 Å². The predicted octanol–water partition coefficient (Wildman–Crippen LogP) is 2.16. The molecule has 0 atom stereocenters. The fraction of sp³-hybridized carbons (Fsp3) is 0.632. The lowest BCUT2D eigenvalue weighted by Gasteiger charge is -2.47. The number of alkyl halides is 3. The summed E-state index contributed by atoms with van der Waals surface area (Å²) >= 11 is 0. The molecule has 2 amide bonds. The maximum absolute atomic E-state index is 13.0. The van der Waals surface area contributed by atoms with E-state index in [0.717, 1.165) is 11.8 Å². The summed E-state index contributed by atoms with van der Waals surface area (Å²) in [5.41, 5.74) is -0.684. The van der Waals surface area contributed by atoms with E-state index in [9.17, 15) is 26.4 Å². The van der Waals surface area contributed by atoms with Gasteiger partial charge in [-0.05, 0) is 30.5 Å². The average molecular weight is 447 g/mol. The van der Waals surface area contributed by atoms with Crippen molar-refractivity contribution in [1.82, 2.24) is 14.5 Å². The number of hydrogen-bond donors (Lipinski definition) is 1. The Morgan fingerprint density at radius 3 is 2.20 bits per heavy atom. The average Bonchev–Trinajstić information content (AvgIpc) is 3.36. The van der Waals surface area contributed by atoms with E-state index in [2.05, 4.69) is 4.72 Å². The second-order valence-corrected chi connectivity index (χ2v) is 10.3. The third-order valence-corrected chi connectivity index (χ3v) is 6.77. The quantitative estimate of drug-likeness (QED) is 0.725. The molecule has 1 aromatic carbocycles. The molecule has 3 aliphatic rings. The first kappa shape index (κ1) is 21.2. The smallest absolute Gasteiger partial charge is 0.397 e. The first-order valence-corrected chi connectivity index (χ1v) is 11.7. The van der Waals surface area contributed by atoms with E-state index in [0.29, 0.717) is 31.9 Å². The van der Waals surface area contributed by atoms with Crippen molar-refractivity contribution in [3.05, 3.63) is 29.8 Å². The number of halogens is 3. The highest BCUT2D eigenvalue weighted by Gasteiger charge is 2.63. The van der Waals surface area contributed by atoms with Crippen molar-refractivity contribution in [3.8, 4) is 5.75 Å². The number of nitrogens with zero attached hydrogens (tertiary/aromatic N) is 2. The maximum atomic E-state index is 13.0. The zero-order chi connectivity index (χ0) is 21.7. The van der Waals surface area contributed by atoms with Crippen LogP contribution in [0.5, 0.6) is 5.75 Å². The summed E-state index contributed by atoms with van der Waals surface area (Å²) in [6.45, 7) is 1.47. The second-order valence-electron chi connectivity index (χ2n) is 8.51. The van der Waals surface area contributed by atoms with Crippen LogP contribution in [0.1, 0.15) is 24.3 Å². The molecular weight excluding hydrogens is 423 g/mol. The number of ether oxygens (including phenoxy) is 1. The summed E-state index contributed by atoms with van der Waals surface area (Å²) in [6, 6.07) is 6.64. The van der Waals surface area contributed by atoms with E-state index >= 15 is 0 Å². The SMILES string of the molecule is CS(=O)(=O)NC1CN(C(=O)N2CC(c3ccc(OCC4(C(F)(F)F)CC4)cc3)C2)C1. The topological polar surface area (TPSA) is 79.0 Å². The highest BCUT2D eigenvalue weighted by atomic mass is 32.2. The molecule has 4 rings (SSSR count). The van der Waals surface area contributed by atoms with Gasteiger partial charge in [-0.3, -0.25) is 0 Å². The Morgan fingerprint density at radius 2 is 1.70 bits per heavy atom. The molecule has 1 N–H and O–H groups in total. The van der Waals surface area contributed by atoms with Crippen LogP contribution in [0.15, 0.2) is 24.3 Å². The van der Waals surface area contributed by atoms with E-state index < -0.39 is 21.6 Å². The number of carbonyl (C=O) groups excluding carboxylic acids is 1. The Morgan fingerprint density at radius 1 is 1.13 bits per heavy atom. The van der Waals surface area contributed by atoms with Crippen LogP contribution in [0.2, 0.25) is 0 Å². The highest BCUT2D eigenvalue weighted by Crippen LogP contribution is 2.57. The minimum atomic E-state index is -4.23. The molecule has 3 fully saturated rings. The van der Waals surface area contributed by atoms with Gasteiger partial charge in [-0.25, -0.2) is 17.9 Å². The first-order chi connectivity index (χ1) is 14.0. The number of rotatable bonds is 6. The monoisotopic (exact) mass is 447 g/mol. The molecule has 0 aromatic heterocycles. The lowest BCUT2D eigenvalue weighted by molar-refractivity contribution is -0.194. The molecule has 2 aliphatic heterocycles. The number of carbonyl (C=O) groups is 1. The van der Waals surface area contributed by atoms with Gasteiger partial charge in [0.25, 0.3) is 0 Å². The number of sulfonamides is 1. The van der Waals surface area contributed by atoms with Crippen molar-refractivity contribution < 1.29 is 31.1 Å². The van der Waals surface area contributed by atoms with Crippen molar-refractivity contribution in [1.29, 1.82) is 0 Å². The number of amides is 2. The van der Waals surface area contributed by atoms with E-state index in [1.54, 1.807) is 21.9 Å². The van der Waals surface area contributed by atoms with Gasteiger partial charge < -0.3 is 14.5 Å². The Hall–Kier alpha value is -2.01. The maximum Gasteiger partial charge on any atom is 0.397 e. The summed E-state index contributed by atoms with van der Waals surface area (Å²) < 4.78 is 69.1. The molecular formula is C19H24F3N3O4S. The highest BCUT2D eigenvalue weighted by molar-refractivity contribution is 7.88. The number of benzene rings is 1. The van der Waals surface area contributed by atoms with Crippen LogP contribution in [0, 0.1) is 5.41 Å². The molecule has 1 aromatic rings. The molecule has 2 heterocycles. The summed E-state index contributed by atoms with van der Waals surface area (Å²) in [6.07, 6.45) is -2.91. The molecule has 2 saturated heterocycles. The van der Waals surface area contributed by atoms with Crippen LogP contribution in [0.25, 0.3) is 0 Å². The van der Waals surface area contributed by atoms with Gasteiger partial charge in [0.1, 0.15) is 17.8 Å². The molecule has 0 radical (unpaired) electrons. The molecule has 166 valence electrons. The van der Waals surface area contributed by atoms with Crippen LogP contribution in [0.3, 0.4) is 0 Å². The van der Waals surface area contributed by atoms with Gasteiger partial charge in [-0.2, -0.15) is 13.2 Å². The fourth-order valence-electron chi connectivity index (χ4n) is 3.78. The Bertz CT molecular complexity index is 904. The Balaban J connectivity index is 1.21. The van der Waals surface area contributed by atoms with Crippen molar-refractivity contribution >= 4 is 16.1 Å². The number of hydrogen-bond acceptors (Lipinski definition) is 4. The molecule has 1 saturated carbocycles. The molecule has 30 heavy (non-hydrogen) atoms. The van der Waals surface area contributed by atoms with Crippen LogP contribution in [-0.2, 0) is 10.0 Å². The van der Waals surface area contributed by atoms with E-state index in [1.165, 1.54) is 0 Å². The van der Waals surface area contributed by atoms with Gasteiger partial charge in [0, 0.05) is 32.1 Å². The molecule has 11 heteroatoms. The second kappa shape index (κ2) is 7.30. The van der Waals surface area contributed by atoms with Gasteiger partial charge in [0.15, 0.2) is 0 Å². The first-order valence-electron chi connectivity index (χ1n) is 9.76. The molecule has 0 unspecified atom stereocenters. The summed E-state index contributed by atoms with van der Waals surface area (Å²) in [4.78, 5) is 15.7. The summed E-state index contributed by atoms with van der Waals surface area (Å²) in [5.74, 6) is 0.575. The van der Waals surface area contributed by atoms with Crippen molar-refractivity contribution in [3.63, 3.8) is 0 Å². The van der Waals surface area contributed by atoms with Crippen LogP contribution >= 0.6 is 0 Å². The van der Waals surface area contributed by atoms with Crippen molar-refractivity contribution in [2.75, 3.05) is 39.0 Å². The third-order valence-electron chi connectivity index (χ3n) is 6.01. The number of likely N-dealkylation sites (tertiary alicyclic amines) is 2. The largest absolute Gasteiger partial charge is 0.493 e. The zero-order valence-corrected chi connectivity index (χ0v) is 17.3. The van der Waals surface area contributed by atoms with Crippen LogP contribution in [-0.4, -0.2) is 75.5 Å². The summed E-state index contributed by atoms with van der Waals surface area (Å²) in [5, 5.41) is 0. The van der Waals surface area contributed by atoms with E-state index in [1.807, 2.05) is 12.1 Å². The molecule has 0 bridgehead atoms. The van der Waals surface area contributed by atoms with Gasteiger partial charge in [-0.1, -0.05) is 12.1 Å². The molecule has 0 spiro atoms. The summed E-state index contributed by atoms with van der Waals surface area (Å²) in [7, 11) is -3.28. The number of nitrogens with one attached hydrogen (secondary N) is 1. The van der Waals surface area contributed by atoms with Crippen molar-refractivity contribution in [2.45, 2.75) is 31.0 Å². The normalized spacial score (nSPS) is 21.7. The van der Waals surface area contributed by atoms with Crippen LogP contribution < -0.4 is 9.46 Å². The van der Waals surface area contributed by atoms with Gasteiger partial charge >= 0.3 is 12.2 Å². The fourth-order valence-corrected chi connectivity index (χ4v) is 4.53. The van der Waals surface area contributed by atoms with Crippen molar-refractivity contribution in [2.24, 2.45) is 5.41 Å². The van der Waals surface area contributed by atoms with E-state index in [4.69, 9.17) is 4.74 Å². The van der Waals surface area contributed by atoms with E-state index in [-0.39, 0.29) is 37.4 Å². The molecule has 1 aliphatic carbocycles. The standard InChI is InChI=1S/C19H24F3N3O4S/c1-30(27,28)23-15-10-25(11-15)17(26)24-8-14(9-24)13-2-4-16(5-3-13)29-12-18(6-7-18)19(20,21)22/h2-5,14-15,23H,6-12H2,1H3. The minimum Gasteiger partial charge on any atom is -0.493 e. The zero-order valence-electron chi connectivity index (χ0n) is 16.5. The third kappa shape index (κ3) is 4.36. The lowest BCUT2D eigenvalue weighted by atomic mass is 9.91. The lowest BCUT2D eigenvalue weighted by Crippen LogP contribution is -2.65. The number of urea groups is 1. The minimum absolute atomic E-state index is 0.111. The molecule has 7 nitrogen and oxygen atoms in total. The van der Waals surface area contributed by atoms with Gasteiger partial charge in [-0.15, -0.1) is 0 Å².